The van der Waals surface area contributed by atoms with E-state index in [0.29, 0.717) is 0 Å². The molecule has 1 heteroatoms. The second kappa shape index (κ2) is 4.08. The van der Waals surface area contributed by atoms with Crippen molar-refractivity contribution in [2.45, 2.75) is 27.2 Å². The monoisotopic (exact) mass is 225 g/mol. The van der Waals surface area contributed by atoms with E-state index in [9.17, 15) is 0 Å². The SMILES string of the molecule is CCc1ccc(Br)c([C](C)C)c1. The van der Waals surface area contributed by atoms with Gasteiger partial charge in [-0.25, -0.2) is 0 Å². The number of rotatable bonds is 2. The molecule has 0 unspecified atom stereocenters. The fraction of sp³-hybridized carbons (Fsp3) is 0.364. The normalized spacial score (nSPS) is 10.8. The molecule has 0 aliphatic rings. The maximum absolute atomic E-state index is 3.54. The van der Waals surface area contributed by atoms with Gasteiger partial charge in [0.05, 0.1) is 0 Å². The highest BCUT2D eigenvalue weighted by Crippen LogP contribution is 2.25. The second-order valence-electron chi connectivity index (χ2n) is 3.17. The van der Waals surface area contributed by atoms with Crippen LogP contribution in [0.15, 0.2) is 22.7 Å². The molecule has 0 N–H and O–H groups in total. The van der Waals surface area contributed by atoms with Gasteiger partial charge in [0.1, 0.15) is 0 Å². The summed E-state index contributed by atoms with van der Waals surface area (Å²) in [6.07, 6.45) is 1.10. The predicted molar refractivity (Wildman–Crippen MR) is 57.2 cm³/mol. The van der Waals surface area contributed by atoms with Gasteiger partial charge < -0.3 is 0 Å². The molecule has 0 aromatic heterocycles. The maximum atomic E-state index is 3.54. The van der Waals surface area contributed by atoms with Gasteiger partial charge in [-0.2, -0.15) is 0 Å². The zero-order chi connectivity index (χ0) is 9.14. The largest absolute Gasteiger partial charge is 0.0613 e. The van der Waals surface area contributed by atoms with Gasteiger partial charge in [0.25, 0.3) is 0 Å². The van der Waals surface area contributed by atoms with Crippen LogP contribution < -0.4 is 0 Å². The highest BCUT2D eigenvalue weighted by molar-refractivity contribution is 9.10. The van der Waals surface area contributed by atoms with Crippen molar-refractivity contribution in [3.8, 4) is 0 Å². The third-order valence-corrected chi connectivity index (χ3v) is 2.67. The summed E-state index contributed by atoms with van der Waals surface area (Å²) in [4.78, 5) is 0. The number of hydrogen-bond donors (Lipinski definition) is 0. The summed E-state index contributed by atoms with van der Waals surface area (Å²) in [5.41, 5.74) is 2.73. The van der Waals surface area contributed by atoms with Crippen molar-refractivity contribution in [1.29, 1.82) is 0 Å². The third kappa shape index (κ3) is 2.10. The summed E-state index contributed by atoms with van der Waals surface area (Å²) < 4.78 is 1.19. The zero-order valence-corrected chi connectivity index (χ0v) is 9.40. The van der Waals surface area contributed by atoms with Crippen LogP contribution in [0, 0.1) is 5.92 Å². The molecule has 1 radical (unpaired) electrons. The molecule has 0 aliphatic heterocycles. The lowest BCUT2D eigenvalue weighted by Gasteiger charge is -2.09. The molecule has 1 rings (SSSR count). The summed E-state index contributed by atoms with van der Waals surface area (Å²) in [5, 5.41) is 0. The topological polar surface area (TPSA) is 0 Å². The molecule has 0 nitrogen and oxygen atoms in total. The van der Waals surface area contributed by atoms with Gasteiger partial charge in [-0.3, -0.25) is 0 Å². The van der Waals surface area contributed by atoms with Gasteiger partial charge >= 0.3 is 0 Å². The van der Waals surface area contributed by atoms with E-state index < -0.39 is 0 Å². The van der Waals surface area contributed by atoms with Crippen LogP contribution in [-0.2, 0) is 6.42 Å². The first-order valence-corrected chi connectivity index (χ1v) is 5.03. The van der Waals surface area contributed by atoms with Crippen LogP contribution in [0.1, 0.15) is 31.9 Å². The van der Waals surface area contributed by atoms with Crippen molar-refractivity contribution in [1.82, 2.24) is 0 Å². The Hall–Kier alpha value is -0.300. The van der Waals surface area contributed by atoms with Crippen molar-refractivity contribution >= 4 is 15.9 Å². The van der Waals surface area contributed by atoms with Gasteiger partial charge in [-0.15, -0.1) is 0 Å². The van der Waals surface area contributed by atoms with E-state index in [4.69, 9.17) is 0 Å². The van der Waals surface area contributed by atoms with Crippen molar-refractivity contribution in [3.63, 3.8) is 0 Å². The van der Waals surface area contributed by atoms with E-state index in [0.717, 1.165) is 6.42 Å². The Labute approximate surface area is 83.1 Å². The van der Waals surface area contributed by atoms with Gasteiger partial charge in [0.15, 0.2) is 0 Å². The van der Waals surface area contributed by atoms with E-state index >= 15 is 0 Å². The average Bonchev–Trinajstić information content (AvgIpc) is 2.05. The lowest BCUT2D eigenvalue weighted by atomic mass is 10.0. The van der Waals surface area contributed by atoms with Crippen molar-refractivity contribution in [2.24, 2.45) is 0 Å². The molecule has 0 bridgehead atoms. The average molecular weight is 226 g/mol. The predicted octanol–water partition coefficient (Wildman–Crippen LogP) is 3.97. The minimum atomic E-state index is 1.10. The molecular weight excluding hydrogens is 212 g/mol. The first kappa shape index (κ1) is 9.79. The summed E-state index contributed by atoms with van der Waals surface area (Å²) >= 11 is 3.54. The number of halogens is 1. The molecule has 0 saturated carbocycles. The van der Waals surface area contributed by atoms with Crippen LogP contribution in [0.25, 0.3) is 0 Å². The van der Waals surface area contributed by atoms with Crippen LogP contribution in [0.4, 0.5) is 0 Å². The van der Waals surface area contributed by atoms with Crippen LogP contribution in [0.2, 0.25) is 0 Å². The number of benzene rings is 1. The van der Waals surface area contributed by atoms with Gasteiger partial charge in [0, 0.05) is 4.47 Å². The van der Waals surface area contributed by atoms with E-state index in [1.807, 2.05) is 0 Å². The summed E-state index contributed by atoms with van der Waals surface area (Å²) in [7, 11) is 0. The molecule has 1 aromatic carbocycles. The van der Waals surface area contributed by atoms with E-state index in [2.05, 4.69) is 54.9 Å². The number of aryl methyl sites for hydroxylation is 1. The van der Waals surface area contributed by atoms with E-state index in [1.165, 1.54) is 21.5 Å². The fourth-order valence-corrected chi connectivity index (χ4v) is 1.82. The summed E-state index contributed by atoms with van der Waals surface area (Å²) in [6.45, 7) is 6.46. The lowest BCUT2D eigenvalue weighted by Crippen LogP contribution is -1.92. The molecule has 0 fully saturated rings. The Morgan fingerprint density at radius 1 is 1.33 bits per heavy atom. The first-order valence-electron chi connectivity index (χ1n) is 4.24. The molecule has 12 heavy (non-hydrogen) atoms. The lowest BCUT2D eigenvalue weighted by molar-refractivity contribution is 1.09. The summed E-state index contributed by atoms with van der Waals surface area (Å²) in [6, 6.07) is 6.54. The second-order valence-corrected chi connectivity index (χ2v) is 4.02. The van der Waals surface area contributed by atoms with Crippen molar-refractivity contribution in [2.75, 3.05) is 0 Å². The van der Waals surface area contributed by atoms with Gasteiger partial charge in [0.2, 0.25) is 0 Å². The van der Waals surface area contributed by atoms with E-state index in [1.54, 1.807) is 0 Å². The Morgan fingerprint density at radius 2 is 2.00 bits per heavy atom. The first-order chi connectivity index (χ1) is 5.65. The van der Waals surface area contributed by atoms with E-state index in [-0.39, 0.29) is 0 Å². The van der Waals surface area contributed by atoms with Crippen molar-refractivity contribution in [3.05, 3.63) is 39.7 Å². The molecule has 0 heterocycles. The Bertz CT molecular complexity index is 264. The minimum Gasteiger partial charge on any atom is -0.0613 e. The van der Waals surface area contributed by atoms with Crippen LogP contribution in [0.5, 0.6) is 0 Å². The molecule has 0 aliphatic carbocycles. The minimum absolute atomic E-state index is 1.10. The Kier molecular flexibility index (Phi) is 3.33. The van der Waals surface area contributed by atoms with Crippen molar-refractivity contribution < 1.29 is 0 Å². The third-order valence-electron chi connectivity index (χ3n) is 1.98. The quantitative estimate of drug-likeness (QED) is 0.715. The molecular formula is C11H14Br. The zero-order valence-electron chi connectivity index (χ0n) is 7.82. The van der Waals surface area contributed by atoms with Crippen LogP contribution >= 0.6 is 15.9 Å². The Morgan fingerprint density at radius 3 is 2.50 bits per heavy atom. The van der Waals surface area contributed by atoms with Gasteiger partial charge in [-0.1, -0.05) is 48.8 Å². The molecule has 0 spiro atoms. The highest BCUT2D eigenvalue weighted by atomic mass is 79.9. The smallest absolute Gasteiger partial charge is 0.0213 e. The standard InChI is InChI=1S/C11H14Br/c1-4-9-5-6-11(12)10(7-9)8(2)3/h5-7H,4H2,1-3H3. The molecule has 0 saturated heterocycles. The van der Waals surface area contributed by atoms with Crippen LogP contribution in [-0.4, -0.2) is 0 Å². The summed E-state index contributed by atoms with van der Waals surface area (Å²) in [5.74, 6) is 1.36. The maximum Gasteiger partial charge on any atom is 0.0213 e. The number of hydrogen-bond acceptors (Lipinski definition) is 0. The molecule has 65 valence electrons. The fourth-order valence-electron chi connectivity index (χ4n) is 1.18. The molecule has 0 atom stereocenters. The van der Waals surface area contributed by atoms with Gasteiger partial charge in [-0.05, 0) is 29.5 Å². The molecule has 1 aromatic rings. The van der Waals surface area contributed by atoms with Crippen LogP contribution in [0.3, 0.4) is 0 Å². The Balaban J connectivity index is 3.08. The highest BCUT2D eigenvalue weighted by Gasteiger charge is 2.04. The molecule has 0 amide bonds.